The van der Waals surface area contributed by atoms with Crippen LogP contribution in [-0.2, 0) is 5.41 Å². The Balaban J connectivity index is 2.10. The van der Waals surface area contributed by atoms with E-state index in [1.807, 2.05) is 0 Å². The Kier molecular flexibility index (Phi) is 3.02. The topological polar surface area (TPSA) is 0 Å². The summed E-state index contributed by atoms with van der Waals surface area (Å²) in [6.45, 7) is 4.41. The minimum atomic E-state index is 0.207. The van der Waals surface area contributed by atoms with E-state index in [1.54, 1.807) is 0 Å². The van der Waals surface area contributed by atoms with Crippen LogP contribution in [0.5, 0.6) is 0 Å². The summed E-state index contributed by atoms with van der Waals surface area (Å²) in [6, 6.07) is 21.9. The monoisotopic (exact) mass is 248 g/mol. The zero-order chi connectivity index (χ0) is 13.3. The van der Waals surface area contributed by atoms with Crippen molar-refractivity contribution in [2.45, 2.75) is 25.7 Å². The van der Waals surface area contributed by atoms with Gasteiger partial charge in [0.15, 0.2) is 0 Å². The molecule has 0 unspecified atom stereocenters. The van der Waals surface area contributed by atoms with Crippen molar-refractivity contribution < 1.29 is 0 Å². The van der Waals surface area contributed by atoms with Gasteiger partial charge in [-0.25, -0.2) is 0 Å². The molecule has 0 nitrogen and oxygen atoms in total. The molecular weight excluding hydrogens is 228 g/mol. The molecule has 1 aliphatic carbocycles. The van der Waals surface area contributed by atoms with Crippen molar-refractivity contribution in [1.29, 1.82) is 0 Å². The second kappa shape index (κ2) is 4.70. The average Bonchev–Trinajstić information content (AvgIpc) is 3.25. The van der Waals surface area contributed by atoms with Gasteiger partial charge in [0.1, 0.15) is 0 Å². The Labute approximate surface area is 115 Å². The molecule has 3 rings (SSSR count). The van der Waals surface area contributed by atoms with Crippen molar-refractivity contribution in [2.24, 2.45) is 5.92 Å². The Morgan fingerprint density at radius 3 is 1.84 bits per heavy atom. The molecule has 0 radical (unpaired) electrons. The molecule has 1 fully saturated rings. The molecule has 96 valence electrons. The SMILES string of the molecule is CC=C(C)[C@H]1CC1(c1ccccc1)c1ccccc1. The van der Waals surface area contributed by atoms with Crippen LogP contribution in [0.3, 0.4) is 0 Å². The molecular formula is C19H20. The van der Waals surface area contributed by atoms with Gasteiger partial charge in [0.25, 0.3) is 0 Å². The van der Waals surface area contributed by atoms with Gasteiger partial charge in [-0.05, 0) is 37.3 Å². The standard InChI is InChI=1S/C19H20/c1-3-15(2)18-14-19(18,16-10-6-4-7-11-16)17-12-8-5-9-13-17/h3-13,18H,14H2,1-2H3/t18-/m1/s1. The highest BCUT2D eigenvalue weighted by atomic mass is 14.6. The van der Waals surface area contributed by atoms with Gasteiger partial charge in [-0.3, -0.25) is 0 Å². The normalized spacial score (nSPS) is 21.2. The van der Waals surface area contributed by atoms with Gasteiger partial charge >= 0.3 is 0 Å². The highest BCUT2D eigenvalue weighted by molar-refractivity contribution is 5.50. The minimum absolute atomic E-state index is 0.207. The van der Waals surface area contributed by atoms with E-state index in [9.17, 15) is 0 Å². The summed E-state index contributed by atoms with van der Waals surface area (Å²) in [6.07, 6.45) is 3.50. The maximum atomic E-state index is 2.27. The van der Waals surface area contributed by atoms with Gasteiger partial charge in [0, 0.05) is 5.41 Å². The van der Waals surface area contributed by atoms with E-state index in [0.29, 0.717) is 5.92 Å². The Morgan fingerprint density at radius 2 is 1.42 bits per heavy atom. The molecule has 2 aromatic rings. The third-order valence-electron chi connectivity index (χ3n) is 4.54. The summed E-state index contributed by atoms with van der Waals surface area (Å²) in [4.78, 5) is 0. The number of rotatable bonds is 3. The molecule has 19 heavy (non-hydrogen) atoms. The predicted octanol–water partition coefficient (Wildman–Crippen LogP) is 4.96. The summed E-state index contributed by atoms with van der Waals surface area (Å²) in [5.41, 5.74) is 4.62. The molecule has 0 aliphatic heterocycles. The van der Waals surface area contributed by atoms with E-state index < -0.39 is 0 Å². The molecule has 0 spiro atoms. The fourth-order valence-electron chi connectivity index (χ4n) is 3.29. The van der Waals surface area contributed by atoms with Gasteiger partial charge in [-0.2, -0.15) is 0 Å². The van der Waals surface area contributed by atoms with Crippen LogP contribution in [0.1, 0.15) is 31.4 Å². The second-order valence-corrected chi connectivity index (χ2v) is 5.49. The number of allylic oxidation sites excluding steroid dienone is 2. The molecule has 2 aromatic carbocycles. The predicted molar refractivity (Wildman–Crippen MR) is 81.2 cm³/mol. The lowest BCUT2D eigenvalue weighted by atomic mass is 9.84. The molecule has 0 heteroatoms. The summed E-state index contributed by atoms with van der Waals surface area (Å²) in [7, 11) is 0. The van der Waals surface area contributed by atoms with Gasteiger partial charge in [-0.1, -0.05) is 72.3 Å². The first-order valence-corrected chi connectivity index (χ1v) is 7.03. The van der Waals surface area contributed by atoms with E-state index >= 15 is 0 Å². The van der Waals surface area contributed by atoms with Crippen molar-refractivity contribution in [1.82, 2.24) is 0 Å². The lowest BCUT2D eigenvalue weighted by molar-refractivity contribution is 0.764. The Hall–Kier alpha value is -1.82. The Morgan fingerprint density at radius 1 is 0.947 bits per heavy atom. The summed E-state index contributed by atoms with van der Waals surface area (Å²) >= 11 is 0. The summed E-state index contributed by atoms with van der Waals surface area (Å²) in [5, 5.41) is 0. The van der Waals surface area contributed by atoms with Gasteiger partial charge in [-0.15, -0.1) is 0 Å². The summed E-state index contributed by atoms with van der Waals surface area (Å²) < 4.78 is 0. The highest BCUT2D eigenvalue weighted by Gasteiger charge is 2.56. The molecule has 0 saturated heterocycles. The molecule has 0 N–H and O–H groups in total. The quantitative estimate of drug-likeness (QED) is 0.673. The largest absolute Gasteiger partial charge is 0.0884 e. The summed E-state index contributed by atoms with van der Waals surface area (Å²) in [5.74, 6) is 0.655. The van der Waals surface area contributed by atoms with E-state index in [4.69, 9.17) is 0 Å². The van der Waals surface area contributed by atoms with Crippen LogP contribution >= 0.6 is 0 Å². The van der Waals surface area contributed by atoms with Crippen LogP contribution in [0, 0.1) is 5.92 Å². The highest BCUT2D eigenvalue weighted by Crippen LogP contribution is 2.61. The number of benzene rings is 2. The van der Waals surface area contributed by atoms with Crippen LogP contribution in [0.25, 0.3) is 0 Å². The van der Waals surface area contributed by atoms with Crippen molar-refractivity contribution in [3.05, 3.63) is 83.4 Å². The van der Waals surface area contributed by atoms with Crippen LogP contribution in [0.4, 0.5) is 0 Å². The third kappa shape index (κ3) is 1.92. The molecule has 1 aliphatic rings. The first-order valence-electron chi connectivity index (χ1n) is 7.03. The van der Waals surface area contributed by atoms with Crippen LogP contribution in [0.15, 0.2) is 72.3 Å². The van der Waals surface area contributed by atoms with Crippen molar-refractivity contribution in [3.63, 3.8) is 0 Å². The van der Waals surface area contributed by atoms with E-state index in [2.05, 4.69) is 80.6 Å². The zero-order valence-electron chi connectivity index (χ0n) is 11.6. The molecule has 1 saturated carbocycles. The van der Waals surface area contributed by atoms with Gasteiger partial charge in [0.2, 0.25) is 0 Å². The number of hydrogen-bond donors (Lipinski definition) is 0. The molecule has 0 aromatic heterocycles. The Bertz CT molecular complexity index is 538. The van der Waals surface area contributed by atoms with Crippen LogP contribution in [-0.4, -0.2) is 0 Å². The average molecular weight is 248 g/mol. The molecule has 1 atom stereocenters. The second-order valence-electron chi connectivity index (χ2n) is 5.49. The molecule has 0 bridgehead atoms. The molecule has 0 amide bonds. The maximum absolute atomic E-state index is 2.27. The fraction of sp³-hybridized carbons (Fsp3) is 0.263. The van der Waals surface area contributed by atoms with E-state index in [-0.39, 0.29) is 5.41 Å². The van der Waals surface area contributed by atoms with Gasteiger partial charge < -0.3 is 0 Å². The fourth-order valence-corrected chi connectivity index (χ4v) is 3.29. The van der Waals surface area contributed by atoms with Gasteiger partial charge in [0.05, 0.1) is 0 Å². The van der Waals surface area contributed by atoms with Crippen molar-refractivity contribution >= 4 is 0 Å². The van der Waals surface area contributed by atoms with Crippen molar-refractivity contribution in [3.8, 4) is 0 Å². The minimum Gasteiger partial charge on any atom is -0.0884 e. The number of hydrogen-bond acceptors (Lipinski definition) is 0. The van der Waals surface area contributed by atoms with Crippen LogP contribution < -0.4 is 0 Å². The van der Waals surface area contributed by atoms with Crippen LogP contribution in [0.2, 0.25) is 0 Å². The lowest BCUT2D eigenvalue weighted by Gasteiger charge is -2.19. The first kappa shape index (κ1) is 12.2. The smallest absolute Gasteiger partial charge is 0.0274 e. The lowest BCUT2D eigenvalue weighted by Crippen LogP contribution is -2.12. The zero-order valence-corrected chi connectivity index (χ0v) is 11.6. The molecule has 0 heterocycles. The maximum Gasteiger partial charge on any atom is 0.0274 e. The van der Waals surface area contributed by atoms with E-state index in [0.717, 1.165) is 0 Å². The van der Waals surface area contributed by atoms with Crippen molar-refractivity contribution in [2.75, 3.05) is 0 Å². The first-order chi connectivity index (χ1) is 9.29. The van der Waals surface area contributed by atoms with E-state index in [1.165, 1.54) is 23.1 Å². The third-order valence-corrected chi connectivity index (χ3v) is 4.54.